The summed E-state index contributed by atoms with van der Waals surface area (Å²) in [6.07, 6.45) is 5.91. The van der Waals surface area contributed by atoms with Crippen molar-refractivity contribution in [3.8, 4) is 5.75 Å². The van der Waals surface area contributed by atoms with Crippen LogP contribution in [0, 0.1) is 0 Å². The maximum atomic E-state index is 12.9. The van der Waals surface area contributed by atoms with Gasteiger partial charge in [0.2, 0.25) is 0 Å². The molecule has 0 fully saturated rings. The van der Waals surface area contributed by atoms with E-state index in [1.54, 1.807) is 28.6 Å². The molecule has 2 aromatic heterocycles. The lowest BCUT2D eigenvalue weighted by molar-refractivity contribution is 0.0783. The molecule has 0 unspecified atom stereocenters. The van der Waals surface area contributed by atoms with Crippen LogP contribution in [0.3, 0.4) is 0 Å². The van der Waals surface area contributed by atoms with Gasteiger partial charge in [0.15, 0.2) is 11.4 Å². The fourth-order valence-electron chi connectivity index (χ4n) is 2.42. The van der Waals surface area contributed by atoms with E-state index in [4.69, 9.17) is 4.74 Å². The highest BCUT2D eigenvalue weighted by Crippen LogP contribution is 2.23. The highest BCUT2D eigenvalue weighted by Gasteiger charge is 2.23. The summed E-state index contributed by atoms with van der Waals surface area (Å²) in [5.41, 5.74) is 1.98. The topological polar surface area (TPSA) is 46.8 Å². The smallest absolute Gasteiger partial charge is 0.273 e. The van der Waals surface area contributed by atoms with E-state index in [-0.39, 0.29) is 5.91 Å². The van der Waals surface area contributed by atoms with E-state index >= 15 is 0 Å². The molecule has 0 aliphatic heterocycles. The summed E-state index contributed by atoms with van der Waals surface area (Å²) < 4.78 is 7.13. The number of methoxy groups -OCH3 is 1. The SMILES string of the molecule is C=CCN(CC=C)C(=O)c1c(CC)nc2c(OC)cccn12. The van der Waals surface area contributed by atoms with Crippen LogP contribution in [0.2, 0.25) is 0 Å². The van der Waals surface area contributed by atoms with Gasteiger partial charge in [-0.15, -0.1) is 13.2 Å². The van der Waals surface area contributed by atoms with E-state index in [0.29, 0.717) is 36.6 Å². The molecule has 0 saturated heterocycles. The molecule has 0 saturated carbocycles. The first-order chi connectivity index (χ1) is 10.7. The van der Waals surface area contributed by atoms with Crippen LogP contribution >= 0.6 is 0 Å². The maximum Gasteiger partial charge on any atom is 0.273 e. The van der Waals surface area contributed by atoms with E-state index < -0.39 is 0 Å². The molecule has 116 valence electrons. The van der Waals surface area contributed by atoms with Crippen LogP contribution in [0.5, 0.6) is 5.75 Å². The van der Waals surface area contributed by atoms with Gasteiger partial charge >= 0.3 is 0 Å². The Labute approximate surface area is 130 Å². The second kappa shape index (κ2) is 6.93. The van der Waals surface area contributed by atoms with Crippen molar-refractivity contribution in [2.45, 2.75) is 13.3 Å². The number of aryl methyl sites for hydroxylation is 1. The van der Waals surface area contributed by atoms with E-state index in [1.165, 1.54) is 0 Å². The number of hydrogen-bond acceptors (Lipinski definition) is 3. The number of ether oxygens (including phenoxy) is 1. The molecular weight excluding hydrogens is 278 g/mol. The summed E-state index contributed by atoms with van der Waals surface area (Å²) in [5, 5.41) is 0. The Bertz CT molecular complexity index is 693. The second-order valence-corrected chi connectivity index (χ2v) is 4.82. The number of fused-ring (bicyclic) bond motifs is 1. The highest BCUT2D eigenvalue weighted by atomic mass is 16.5. The maximum absolute atomic E-state index is 12.9. The highest BCUT2D eigenvalue weighted by molar-refractivity contribution is 5.95. The normalized spacial score (nSPS) is 10.5. The van der Waals surface area contributed by atoms with Crippen molar-refractivity contribution in [2.24, 2.45) is 0 Å². The lowest BCUT2D eigenvalue weighted by atomic mass is 10.2. The average Bonchev–Trinajstić information content (AvgIpc) is 2.92. The van der Waals surface area contributed by atoms with Gasteiger partial charge in [0, 0.05) is 19.3 Å². The number of pyridine rings is 1. The Morgan fingerprint density at radius 3 is 2.64 bits per heavy atom. The van der Waals surface area contributed by atoms with Crippen LogP contribution in [0.15, 0.2) is 43.6 Å². The summed E-state index contributed by atoms with van der Waals surface area (Å²) in [6, 6.07) is 3.68. The number of rotatable bonds is 7. The second-order valence-electron chi connectivity index (χ2n) is 4.82. The first kappa shape index (κ1) is 15.8. The average molecular weight is 299 g/mol. The Balaban J connectivity index is 2.59. The number of carbonyl (C=O) groups is 1. The summed E-state index contributed by atoms with van der Waals surface area (Å²) >= 11 is 0. The summed E-state index contributed by atoms with van der Waals surface area (Å²) in [4.78, 5) is 19.2. The summed E-state index contributed by atoms with van der Waals surface area (Å²) in [5.74, 6) is 0.563. The number of hydrogen-bond donors (Lipinski definition) is 0. The molecule has 0 aliphatic carbocycles. The van der Waals surface area contributed by atoms with E-state index in [9.17, 15) is 4.79 Å². The number of imidazole rings is 1. The molecule has 0 aromatic carbocycles. The molecule has 0 N–H and O–H groups in total. The molecule has 5 heteroatoms. The number of carbonyl (C=O) groups excluding carboxylic acids is 1. The van der Waals surface area contributed by atoms with Gasteiger partial charge in [0.1, 0.15) is 5.69 Å². The van der Waals surface area contributed by atoms with Gasteiger partial charge in [0.25, 0.3) is 5.91 Å². The molecule has 1 amide bonds. The van der Waals surface area contributed by atoms with Crippen molar-refractivity contribution >= 4 is 11.6 Å². The molecule has 22 heavy (non-hydrogen) atoms. The van der Waals surface area contributed by atoms with Crippen LogP contribution in [0.4, 0.5) is 0 Å². The molecule has 0 aliphatic rings. The van der Waals surface area contributed by atoms with Crippen molar-refractivity contribution in [3.05, 3.63) is 55.0 Å². The van der Waals surface area contributed by atoms with Crippen molar-refractivity contribution in [1.29, 1.82) is 0 Å². The van der Waals surface area contributed by atoms with Gasteiger partial charge in [-0.05, 0) is 18.6 Å². The van der Waals surface area contributed by atoms with E-state index in [2.05, 4.69) is 18.1 Å². The zero-order valence-corrected chi connectivity index (χ0v) is 13.1. The van der Waals surface area contributed by atoms with Crippen LogP contribution in [-0.4, -0.2) is 40.4 Å². The van der Waals surface area contributed by atoms with E-state index in [0.717, 1.165) is 5.69 Å². The standard InChI is InChI=1S/C17H21N3O2/c1-5-10-19(11-6-2)17(21)15-13(7-3)18-16-14(22-4)9-8-12-20(15)16/h5-6,8-9,12H,1-2,7,10-11H2,3-4H3. The van der Waals surface area contributed by atoms with Gasteiger partial charge in [-0.2, -0.15) is 0 Å². The third-order valence-electron chi connectivity index (χ3n) is 3.43. The number of aromatic nitrogens is 2. The molecule has 2 rings (SSSR count). The number of nitrogens with zero attached hydrogens (tertiary/aromatic N) is 3. The van der Waals surface area contributed by atoms with Gasteiger partial charge in [0.05, 0.1) is 12.8 Å². The fraction of sp³-hybridized carbons (Fsp3) is 0.294. The van der Waals surface area contributed by atoms with Crippen molar-refractivity contribution in [1.82, 2.24) is 14.3 Å². The van der Waals surface area contributed by atoms with Crippen LogP contribution < -0.4 is 4.74 Å². The molecule has 2 heterocycles. The minimum Gasteiger partial charge on any atom is -0.493 e. The quantitative estimate of drug-likeness (QED) is 0.739. The Hall–Kier alpha value is -2.56. The molecule has 2 aromatic rings. The van der Waals surface area contributed by atoms with Gasteiger partial charge in [-0.25, -0.2) is 4.98 Å². The largest absolute Gasteiger partial charge is 0.493 e. The zero-order valence-electron chi connectivity index (χ0n) is 13.1. The van der Waals surface area contributed by atoms with Gasteiger partial charge in [-0.3, -0.25) is 9.20 Å². The first-order valence-corrected chi connectivity index (χ1v) is 7.22. The summed E-state index contributed by atoms with van der Waals surface area (Å²) in [6.45, 7) is 10.3. The molecular formula is C17H21N3O2. The number of amides is 1. The van der Waals surface area contributed by atoms with Gasteiger partial charge in [-0.1, -0.05) is 19.1 Å². The first-order valence-electron chi connectivity index (χ1n) is 7.22. The molecule has 0 bridgehead atoms. The molecule has 5 nitrogen and oxygen atoms in total. The van der Waals surface area contributed by atoms with Crippen molar-refractivity contribution in [2.75, 3.05) is 20.2 Å². The van der Waals surface area contributed by atoms with Crippen LogP contribution in [-0.2, 0) is 6.42 Å². The Morgan fingerprint density at radius 1 is 1.41 bits per heavy atom. The predicted octanol–water partition coefficient (Wildman–Crippen LogP) is 2.72. The lowest BCUT2D eigenvalue weighted by Crippen LogP contribution is -2.32. The Morgan fingerprint density at radius 2 is 2.09 bits per heavy atom. The van der Waals surface area contributed by atoms with E-state index in [1.807, 2.05) is 25.3 Å². The fourth-order valence-corrected chi connectivity index (χ4v) is 2.42. The molecule has 0 spiro atoms. The molecule has 0 radical (unpaired) electrons. The van der Waals surface area contributed by atoms with Crippen molar-refractivity contribution in [3.63, 3.8) is 0 Å². The predicted molar refractivity (Wildman–Crippen MR) is 87.4 cm³/mol. The lowest BCUT2D eigenvalue weighted by Gasteiger charge is -2.19. The minimum absolute atomic E-state index is 0.0857. The molecule has 0 atom stereocenters. The van der Waals surface area contributed by atoms with Crippen LogP contribution in [0.25, 0.3) is 5.65 Å². The monoisotopic (exact) mass is 299 g/mol. The zero-order chi connectivity index (χ0) is 16.1. The van der Waals surface area contributed by atoms with Gasteiger partial charge < -0.3 is 9.64 Å². The Kier molecular flexibility index (Phi) is 4.99. The third kappa shape index (κ3) is 2.74. The minimum atomic E-state index is -0.0857. The summed E-state index contributed by atoms with van der Waals surface area (Å²) in [7, 11) is 1.60. The third-order valence-corrected chi connectivity index (χ3v) is 3.43. The van der Waals surface area contributed by atoms with Crippen molar-refractivity contribution < 1.29 is 9.53 Å². The van der Waals surface area contributed by atoms with Crippen LogP contribution in [0.1, 0.15) is 23.1 Å².